The molecule has 1 atom stereocenters. The van der Waals surface area contributed by atoms with Crippen LogP contribution in [0.5, 0.6) is 0 Å². The molecular weight excluding hydrogens is 205 g/mol. The SMILES string of the molecule is OCC(O)CSCCCC(F)(F)F. The van der Waals surface area contributed by atoms with Crippen molar-refractivity contribution >= 4 is 11.8 Å². The first kappa shape index (κ1) is 13.1. The summed E-state index contributed by atoms with van der Waals surface area (Å²) < 4.78 is 34.8. The van der Waals surface area contributed by atoms with Crippen LogP contribution in [0.3, 0.4) is 0 Å². The van der Waals surface area contributed by atoms with E-state index >= 15 is 0 Å². The molecule has 1 unspecified atom stereocenters. The lowest BCUT2D eigenvalue weighted by atomic mass is 10.3. The van der Waals surface area contributed by atoms with Crippen molar-refractivity contribution in [1.29, 1.82) is 0 Å². The van der Waals surface area contributed by atoms with Crippen LogP contribution < -0.4 is 0 Å². The maximum absolute atomic E-state index is 11.6. The van der Waals surface area contributed by atoms with Gasteiger partial charge in [0.05, 0.1) is 12.7 Å². The number of hydrogen-bond acceptors (Lipinski definition) is 3. The minimum atomic E-state index is -4.09. The number of halogens is 3. The van der Waals surface area contributed by atoms with Crippen molar-refractivity contribution < 1.29 is 23.4 Å². The summed E-state index contributed by atoms with van der Waals surface area (Å²) in [6, 6.07) is 0. The minimum Gasteiger partial charge on any atom is -0.394 e. The van der Waals surface area contributed by atoms with E-state index in [-0.39, 0.29) is 18.8 Å². The normalized spacial score (nSPS) is 14.5. The van der Waals surface area contributed by atoms with Gasteiger partial charge in [-0.3, -0.25) is 0 Å². The monoisotopic (exact) mass is 218 g/mol. The van der Waals surface area contributed by atoms with E-state index in [0.717, 1.165) is 0 Å². The van der Waals surface area contributed by atoms with E-state index in [2.05, 4.69) is 0 Å². The Labute approximate surface area is 79.1 Å². The van der Waals surface area contributed by atoms with E-state index in [4.69, 9.17) is 10.2 Å². The Hall–Kier alpha value is 0.0600. The molecule has 0 aromatic carbocycles. The molecule has 0 heterocycles. The summed E-state index contributed by atoms with van der Waals surface area (Å²) in [6.07, 6.45) is -5.63. The Morgan fingerprint density at radius 2 is 1.92 bits per heavy atom. The average Bonchev–Trinajstić information content (AvgIpc) is 2.01. The summed E-state index contributed by atoms with van der Waals surface area (Å²) in [4.78, 5) is 0. The Morgan fingerprint density at radius 1 is 1.31 bits per heavy atom. The lowest BCUT2D eigenvalue weighted by Gasteiger charge is -2.07. The molecule has 13 heavy (non-hydrogen) atoms. The predicted molar refractivity (Wildman–Crippen MR) is 45.7 cm³/mol. The quantitative estimate of drug-likeness (QED) is 0.662. The van der Waals surface area contributed by atoms with E-state index in [1.807, 2.05) is 0 Å². The third-order valence-corrected chi connectivity index (χ3v) is 2.47. The molecule has 0 fully saturated rings. The molecule has 0 amide bonds. The molecule has 0 rings (SSSR count). The van der Waals surface area contributed by atoms with Crippen LogP contribution in [-0.4, -0.2) is 40.6 Å². The molecule has 0 saturated heterocycles. The van der Waals surface area contributed by atoms with Gasteiger partial charge in [0.1, 0.15) is 0 Å². The molecule has 2 nitrogen and oxygen atoms in total. The Morgan fingerprint density at radius 3 is 2.38 bits per heavy atom. The number of aliphatic hydroxyl groups excluding tert-OH is 2. The van der Waals surface area contributed by atoms with Gasteiger partial charge in [-0.05, 0) is 12.2 Å². The first-order valence-corrected chi connectivity index (χ1v) is 5.04. The number of hydrogen-bond donors (Lipinski definition) is 2. The second-order valence-corrected chi connectivity index (χ2v) is 3.78. The van der Waals surface area contributed by atoms with E-state index in [0.29, 0.717) is 5.75 Å². The van der Waals surface area contributed by atoms with Crippen molar-refractivity contribution in [3.8, 4) is 0 Å². The van der Waals surface area contributed by atoms with Gasteiger partial charge in [-0.15, -0.1) is 0 Å². The van der Waals surface area contributed by atoms with Crippen LogP contribution in [-0.2, 0) is 0 Å². The molecule has 0 saturated carbocycles. The molecule has 0 aliphatic rings. The zero-order chi connectivity index (χ0) is 10.3. The number of rotatable bonds is 6. The molecule has 6 heteroatoms. The summed E-state index contributed by atoms with van der Waals surface area (Å²) in [7, 11) is 0. The third-order valence-electron chi connectivity index (χ3n) is 1.27. The molecule has 80 valence electrons. The summed E-state index contributed by atoms with van der Waals surface area (Å²) in [6.45, 7) is -0.341. The molecule has 0 radical (unpaired) electrons. The molecule has 2 N–H and O–H groups in total. The highest BCUT2D eigenvalue weighted by molar-refractivity contribution is 7.99. The van der Waals surface area contributed by atoms with Crippen LogP contribution >= 0.6 is 11.8 Å². The maximum Gasteiger partial charge on any atom is 0.389 e. The topological polar surface area (TPSA) is 40.5 Å². The van der Waals surface area contributed by atoms with Crippen molar-refractivity contribution in [2.24, 2.45) is 0 Å². The lowest BCUT2D eigenvalue weighted by molar-refractivity contribution is -0.134. The van der Waals surface area contributed by atoms with Gasteiger partial charge in [-0.1, -0.05) is 0 Å². The molecule has 0 aromatic rings. The van der Waals surface area contributed by atoms with Gasteiger partial charge in [-0.2, -0.15) is 24.9 Å². The van der Waals surface area contributed by atoms with Gasteiger partial charge in [-0.25, -0.2) is 0 Å². The van der Waals surface area contributed by atoms with Gasteiger partial charge in [0.15, 0.2) is 0 Å². The van der Waals surface area contributed by atoms with Gasteiger partial charge in [0.2, 0.25) is 0 Å². The second kappa shape index (κ2) is 6.50. The standard InChI is InChI=1S/C7H13F3O2S/c8-7(9,10)2-1-3-13-5-6(12)4-11/h6,11-12H,1-5H2. The van der Waals surface area contributed by atoms with Crippen LogP contribution in [0.25, 0.3) is 0 Å². The van der Waals surface area contributed by atoms with Crippen LogP contribution in [0.1, 0.15) is 12.8 Å². The first-order chi connectivity index (χ1) is 5.95. The molecule has 0 aliphatic carbocycles. The van der Waals surface area contributed by atoms with Crippen LogP contribution in [0.15, 0.2) is 0 Å². The van der Waals surface area contributed by atoms with Crippen LogP contribution in [0, 0.1) is 0 Å². The van der Waals surface area contributed by atoms with Gasteiger partial charge in [0, 0.05) is 12.2 Å². The largest absolute Gasteiger partial charge is 0.394 e. The predicted octanol–water partition coefficient (Wildman–Crippen LogP) is 1.42. The zero-order valence-electron chi connectivity index (χ0n) is 7.05. The van der Waals surface area contributed by atoms with Crippen molar-refractivity contribution in [2.45, 2.75) is 25.1 Å². The zero-order valence-corrected chi connectivity index (χ0v) is 7.87. The Kier molecular flexibility index (Phi) is 6.53. The van der Waals surface area contributed by atoms with Gasteiger partial charge >= 0.3 is 6.18 Å². The van der Waals surface area contributed by atoms with E-state index < -0.39 is 18.7 Å². The summed E-state index contributed by atoms with van der Waals surface area (Å²) >= 11 is 1.22. The Balaban J connectivity index is 3.18. The minimum absolute atomic E-state index is 0.0618. The molecule has 0 aromatic heterocycles. The molecule has 0 aliphatic heterocycles. The molecule has 0 bridgehead atoms. The highest BCUT2D eigenvalue weighted by atomic mass is 32.2. The van der Waals surface area contributed by atoms with Crippen molar-refractivity contribution in [2.75, 3.05) is 18.1 Å². The highest BCUT2D eigenvalue weighted by Crippen LogP contribution is 2.22. The van der Waals surface area contributed by atoms with Gasteiger partial charge in [0.25, 0.3) is 0 Å². The van der Waals surface area contributed by atoms with Crippen molar-refractivity contribution in [1.82, 2.24) is 0 Å². The number of alkyl halides is 3. The molecular formula is C7H13F3O2S. The smallest absolute Gasteiger partial charge is 0.389 e. The first-order valence-electron chi connectivity index (χ1n) is 3.89. The third kappa shape index (κ3) is 9.98. The van der Waals surface area contributed by atoms with E-state index in [1.165, 1.54) is 11.8 Å². The van der Waals surface area contributed by atoms with Gasteiger partial charge < -0.3 is 10.2 Å². The fourth-order valence-electron chi connectivity index (χ4n) is 0.647. The number of aliphatic hydroxyl groups is 2. The highest BCUT2D eigenvalue weighted by Gasteiger charge is 2.25. The second-order valence-electron chi connectivity index (χ2n) is 2.63. The fraction of sp³-hybridized carbons (Fsp3) is 1.00. The Bertz CT molecular complexity index is 129. The fourth-order valence-corrected chi connectivity index (χ4v) is 1.54. The van der Waals surface area contributed by atoms with E-state index in [1.54, 1.807) is 0 Å². The van der Waals surface area contributed by atoms with Crippen molar-refractivity contribution in [3.63, 3.8) is 0 Å². The van der Waals surface area contributed by atoms with Crippen molar-refractivity contribution in [3.05, 3.63) is 0 Å². The van der Waals surface area contributed by atoms with Crippen LogP contribution in [0.4, 0.5) is 13.2 Å². The summed E-state index contributed by atoms with van der Waals surface area (Å²) in [5.41, 5.74) is 0. The average molecular weight is 218 g/mol. The summed E-state index contributed by atoms with van der Waals surface area (Å²) in [5.74, 6) is 0.644. The van der Waals surface area contributed by atoms with Crippen LogP contribution in [0.2, 0.25) is 0 Å². The lowest BCUT2D eigenvalue weighted by Crippen LogP contribution is -2.15. The maximum atomic E-state index is 11.6. The molecule has 0 spiro atoms. The summed E-state index contributed by atoms with van der Waals surface area (Å²) in [5, 5.41) is 17.2. The van der Waals surface area contributed by atoms with E-state index in [9.17, 15) is 13.2 Å². The number of thioether (sulfide) groups is 1.